The SMILES string of the molecule is Cc1cc(-c2[nH]c3cc(C)c(C4CCNCC4)nc3c2C(C)C)cc(C)n1. The van der Waals surface area contributed by atoms with E-state index in [-0.39, 0.29) is 0 Å². The summed E-state index contributed by atoms with van der Waals surface area (Å²) in [6.07, 6.45) is 2.35. The molecule has 3 aromatic heterocycles. The Morgan fingerprint density at radius 2 is 1.63 bits per heavy atom. The lowest BCUT2D eigenvalue weighted by molar-refractivity contribution is 0.452. The third-order valence-electron chi connectivity index (χ3n) is 5.71. The number of nitrogens with zero attached hydrogens (tertiary/aromatic N) is 2. The average molecular weight is 363 g/mol. The Labute approximate surface area is 161 Å². The Morgan fingerprint density at radius 3 is 2.26 bits per heavy atom. The van der Waals surface area contributed by atoms with Crippen LogP contribution < -0.4 is 5.32 Å². The van der Waals surface area contributed by atoms with Gasteiger partial charge >= 0.3 is 0 Å². The number of nitrogens with one attached hydrogen (secondary N) is 2. The molecule has 4 nitrogen and oxygen atoms in total. The second kappa shape index (κ2) is 7.08. The number of aryl methyl sites for hydroxylation is 3. The average Bonchev–Trinajstić information content (AvgIpc) is 2.99. The highest BCUT2D eigenvalue weighted by Gasteiger charge is 2.23. The molecule has 0 radical (unpaired) electrons. The lowest BCUT2D eigenvalue weighted by Gasteiger charge is -2.23. The van der Waals surface area contributed by atoms with Gasteiger partial charge in [0.25, 0.3) is 0 Å². The van der Waals surface area contributed by atoms with Gasteiger partial charge in [-0.15, -0.1) is 0 Å². The molecule has 0 amide bonds. The number of aromatic amines is 1. The Hall–Kier alpha value is -2.20. The summed E-state index contributed by atoms with van der Waals surface area (Å²) in [6, 6.07) is 6.64. The summed E-state index contributed by atoms with van der Waals surface area (Å²) in [7, 11) is 0. The van der Waals surface area contributed by atoms with Crippen molar-refractivity contribution in [1.82, 2.24) is 20.3 Å². The van der Waals surface area contributed by atoms with Crippen LogP contribution in [0.4, 0.5) is 0 Å². The maximum atomic E-state index is 5.24. The zero-order chi connectivity index (χ0) is 19.1. The smallest absolute Gasteiger partial charge is 0.0923 e. The van der Waals surface area contributed by atoms with Gasteiger partial charge in [0.2, 0.25) is 0 Å². The Bertz CT molecular complexity index is 957. The van der Waals surface area contributed by atoms with Crippen LogP contribution in [-0.4, -0.2) is 28.0 Å². The Kier molecular flexibility index (Phi) is 4.77. The van der Waals surface area contributed by atoms with Crippen LogP contribution in [-0.2, 0) is 0 Å². The summed E-state index contributed by atoms with van der Waals surface area (Å²) >= 11 is 0. The van der Waals surface area contributed by atoms with Crippen molar-refractivity contribution in [2.45, 2.75) is 59.3 Å². The largest absolute Gasteiger partial charge is 0.353 e. The van der Waals surface area contributed by atoms with Crippen molar-refractivity contribution in [2.24, 2.45) is 0 Å². The molecule has 0 saturated carbocycles. The van der Waals surface area contributed by atoms with Gasteiger partial charge in [0.05, 0.1) is 16.7 Å². The first-order valence-corrected chi connectivity index (χ1v) is 10.1. The summed E-state index contributed by atoms with van der Waals surface area (Å²) in [6.45, 7) is 13.0. The van der Waals surface area contributed by atoms with E-state index in [1.165, 1.54) is 40.9 Å². The first-order valence-electron chi connectivity index (χ1n) is 10.1. The van der Waals surface area contributed by atoms with Gasteiger partial charge in [-0.2, -0.15) is 0 Å². The third-order valence-corrected chi connectivity index (χ3v) is 5.71. The van der Waals surface area contributed by atoms with Gasteiger partial charge in [-0.25, -0.2) is 0 Å². The molecule has 0 aromatic carbocycles. The summed E-state index contributed by atoms with van der Waals surface area (Å²) in [5, 5.41) is 3.47. The molecule has 0 bridgehead atoms. The van der Waals surface area contributed by atoms with Crippen molar-refractivity contribution in [3.63, 3.8) is 0 Å². The fourth-order valence-electron chi connectivity index (χ4n) is 4.53. The van der Waals surface area contributed by atoms with Gasteiger partial charge in [0.1, 0.15) is 0 Å². The molecule has 1 fully saturated rings. The first-order chi connectivity index (χ1) is 12.9. The zero-order valence-electron chi connectivity index (χ0n) is 17.1. The summed E-state index contributed by atoms with van der Waals surface area (Å²) in [4.78, 5) is 13.5. The van der Waals surface area contributed by atoms with Gasteiger partial charge < -0.3 is 10.3 Å². The van der Waals surface area contributed by atoms with E-state index in [1.807, 2.05) is 0 Å². The second-order valence-corrected chi connectivity index (χ2v) is 8.32. The first kappa shape index (κ1) is 18.2. The number of H-pyrrole nitrogens is 1. The molecule has 0 atom stereocenters. The molecular formula is C23H30N4. The fraction of sp³-hybridized carbons (Fsp3) is 0.478. The molecule has 4 rings (SSSR count). The molecule has 142 valence electrons. The van der Waals surface area contributed by atoms with E-state index < -0.39 is 0 Å². The van der Waals surface area contributed by atoms with E-state index in [1.54, 1.807) is 0 Å². The van der Waals surface area contributed by atoms with E-state index >= 15 is 0 Å². The molecule has 1 aliphatic rings. The van der Waals surface area contributed by atoms with Crippen LogP contribution in [0.3, 0.4) is 0 Å². The third kappa shape index (κ3) is 3.39. The molecule has 0 aliphatic carbocycles. The monoisotopic (exact) mass is 362 g/mol. The molecule has 0 unspecified atom stereocenters. The lowest BCUT2D eigenvalue weighted by atomic mass is 9.91. The van der Waals surface area contributed by atoms with Crippen LogP contribution in [0.5, 0.6) is 0 Å². The van der Waals surface area contributed by atoms with Gasteiger partial charge in [0, 0.05) is 34.1 Å². The Morgan fingerprint density at radius 1 is 0.963 bits per heavy atom. The molecule has 4 heteroatoms. The number of piperidine rings is 1. The highest BCUT2D eigenvalue weighted by Crippen LogP contribution is 2.37. The van der Waals surface area contributed by atoms with Crippen LogP contribution in [0.1, 0.15) is 66.7 Å². The predicted molar refractivity (Wildman–Crippen MR) is 112 cm³/mol. The lowest BCUT2D eigenvalue weighted by Crippen LogP contribution is -2.27. The summed E-state index contributed by atoms with van der Waals surface area (Å²) in [5.41, 5.74) is 10.7. The number of hydrogen-bond acceptors (Lipinski definition) is 3. The van der Waals surface area contributed by atoms with Gasteiger partial charge in [-0.3, -0.25) is 9.97 Å². The number of aromatic nitrogens is 3. The van der Waals surface area contributed by atoms with Crippen molar-refractivity contribution in [2.75, 3.05) is 13.1 Å². The zero-order valence-corrected chi connectivity index (χ0v) is 17.1. The summed E-state index contributed by atoms with van der Waals surface area (Å²) in [5.74, 6) is 0.970. The predicted octanol–water partition coefficient (Wildman–Crippen LogP) is 5.14. The minimum atomic E-state index is 0.401. The number of rotatable bonds is 3. The van der Waals surface area contributed by atoms with Crippen LogP contribution >= 0.6 is 0 Å². The molecule has 3 aromatic rings. The van der Waals surface area contributed by atoms with E-state index in [2.05, 4.69) is 68.1 Å². The van der Waals surface area contributed by atoms with Crippen molar-refractivity contribution in [3.8, 4) is 11.3 Å². The maximum absolute atomic E-state index is 5.24. The quantitative estimate of drug-likeness (QED) is 0.678. The number of fused-ring (bicyclic) bond motifs is 1. The van der Waals surface area contributed by atoms with Gasteiger partial charge in [0.15, 0.2) is 0 Å². The van der Waals surface area contributed by atoms with Crippen LogP contribution in [0.15, 0.2) is 18.2 Å². The highest BCUT2D eigenvalue weighted by molar-refractivity contribution is 5.89. The van der Waals surface area contributed by atoms with Crippen molar-refractivity contribution in [3.05, 3.63) is 46.4 Å². The number of pyridine rings is 2. The van der Waals surface area contributed by atoms with Crippen LogP contribution in [0.25, 0.3) is 22.3 Å². The van der Waals surface area contributed by atoms with Gasteiger partial charge in [-0.1, -0.05) is 13.8 Å². The Balaban J connectivity index is 1.91. The molecule has 2 N–H and O–H groups in total. The minimum absolute atomic E-state index is 0.401. The maximum Gasteiger partial charge on any atom is 0.0923 e. The van der Waals surface area contributed by atoms with E-state index in [9.17, 15) is 0 Å². The van der Waals surface area contributed by atoms with Crippen molar-refractivity contribution >= 4 is 11.0 Å². The molecule has 4 heterocycles. The normalized spacial score (nSPS) is 15.8. The van der Waals surface area contributed by atoms with Crippen molar-refractivity contribution < 1.29 is 0 Å². The molecule has 27 heavy (non-hydrogen) atoms. The van der Waals surface area contributed by atoms with E-state index in [0.717, 1.165) is 35.5 Å². The van der Waals surface area contributed by atoms with Gasteiger partial charge in [-0.05, 0) is 76.4 Å². The topological polar surface area (TPSA) is 53.6 Å². The molecule has 1 saturated heterocycles. The van der Waals surface area contributed by atoms with E-state index in [0.29, 0.717) is 11.8 Å². The van der Waals surface area contributed by atoms with E-state index in [4.69, 9.17) is 4.98 Å². The highest BCUT2D eigenvalue weighted by atomic mass is 14.9. The standard InChI is InChI=1S/C23H30N4/c1-13(2)20-22(18-11-15(4)25-16(5)12-18)26-19-10-14(3)21(27-23(19)20)17-6-8-24-9-7-17/h10-13,17,24,26H,6-9H2,1-5H3. The van der Waals surface area contributed by atoms with Crippen LogP contribution in [0.2, 0.25) is 0 Å². The van der Waals surface area contributed by atoms with Crippen molar-refractivity contribution in [1.29, 1.82) is 0 Å². The molecule has 1 aliphatic heterocycles. The molecule has 0 spiro atoms. The number of hydrogen-bond donors (Lipinski definition) is 2. The minimum Gasteiger partial charge on any atom is -0.353 e. The second-order valence-electron chi connectivity index (χ2n) is 8.32. The summed E-state index contributed by atoms with van der Waals surface area (Å²) < 4.78 is 0. The van der Waals surface area contributed by atoms with Crippen LogP contribution in [0, 0.1) is 20.8 Å². The fourth-order valence-corrected chi connectivity index (χ4v) is 4.53. The molecular weight excluding hydrogens is 332 g/mol.